The van der Waals surface area contributed by atoms with Crippen molar-refractivity contribution in [1.82, 2.24) is 4.90 Å². The van der Waals surface area contributed by atoms with Gasteiger partial charge in [-0.3, -0.25) is 0 Å². The van der Waals surface area contributed by atoms with E-state index < -0.39 is 11.7 Å². The molecule has 22 heavy (non-hydrogen) atoms. The largest absolute Gasteiger partial charge is 0.424 e. The van der Waals surface area contributed by atoms with Gasteiger partial charge in [0.05, 0.1) is 5.39 Å². The second kappa shape index (κ2) is 6.65. The van der Waals surface area contributed by atoms with E-state index in [-0.39, 0.29) is 12.4 Å². The van der Waals surface area contributed by atoms with E-state index in [1.807, 2.05) is 18.2 Å². The normalized spacial score (nSPS) is 17.0. The van der Waals surface area contributed by atoms with Crippen LogP contribution in [-0.2, 0) is 0 Å². The predicted molar refractivity (Wildman–Crippen MR) is 90.5 cm³/mol. The lowest BCUT2D eigenvalue weighted by Gasteiger charge is -2.25. The van der Waals surface area contributed by atoms with Crippen LogP contribution >= 0.6 is 12.4 Å². The zero-order chi connectivity index (χ0) is 15.0. The van der Waals surface area contributed by atoms with Gasteiger partial charge < -0.3 is 14.4 Å². The summed E-state index contributed by atoms with van der Waals surface area (Å²) in [6.07, 6.45) is 2.32. The molecule has 2 aromatic rings. The number of halogens is 1. The van der Waals surface area contributed by atoms with Gasteiger partial charge in [-0.25, -0.2) is 4.79 Å². The summed E-state index contributed by atoms with van der Waals surface area (Å²) >= 11 is 0. The average Bonchev–Trinajstić information content (AvgIpc) is 2.47. The summed E-state index contributed by atoms with van der Waals surface area (Å²) in [7, 11) is 2.07. The molecule has 0 spiro atoms. The maximum Gasteiger partial charge on any atom is 0.343 e. The molecule has 0 amide bonds. The minimum atomic E-state index is -0.814. The van der Waals surface area contributed by atoms with E-state index in [9.17, 15) is 9.90 Å². The fraction of sp³-hybridized carbons (Fsp3) is 0.353. The van der Waals surface area contributed by atoms with Crippen LogP contribution in [0, 0.1) is 0 Å². The first-order chi connectivity index (χ1) is 10.1. The maximum absolute atomic E-state index is 12.1. The van der Waals surface area contributed by atoms with Crippen LogP contribution < -0.4 is 5.63 Å². The molecule has 1 aromatic carbocycles. The van der Waals surface area contributed by atoms with Gasteiger partial charge in [0.25, 0.3) is 0 Å². The Labute approximate surface area is 135 Å². The van der Waals surface area contributed by atoms with Crippen LogP contribution in [0.5, 0.6) is 0 Å². The fourth-order valence-electron chi connectivity index (χ4n) is 2.92. The van der Waals surface area contributed by atoms with Crippen LogP contribution in [0.25, 0.3) is 16.3 Å². The Kier molecular flexibility index (Phi) is 5.06. The number of likely N-dealkylation sites (N-methyl/N-ethyl adjacent to an activating group) is 1. The van der Waals surface area contributed by atoms with Crippen LogP contribution in [0.2, 0.25) is 0 Å². The lowest BCUT2D eigenvalue weighted by molar-refractivity contribution is 0.164. The molecule has 2 heterocycles. The summed E-state index contributed by atoms with van der Waals surface area (Å²) in [6.45, 7) is 3.43. The predicted octanol–water partition coefficient (Wildman–Crippen LogP) is 2.99. The lowest BCUT2D eigenvalue weighted by Crippen LogP contribution is -2.25. The first kappa shape index (κ1) is 16.7. The maximum atomic E-state index is 12.1. The number of aliphatic hydroxyl groups excluding tert-OH is 1. The molecule has 0 fully saturated rings. The highest BCUT2D eigenvalue weighted by Crippen LogP contribution is 2.32. The lowest BCUT2D eigenvalue weighted by atomic mass is 9.94. The number of aliphatic hydroxyl groups is 1. The number of hydrogen-bond acceptors (Lipinski definition) is 4. The Balaban J connectivity index is 0.00000176. The molecule has 0 saturated heterocycles. The summed E-state index contributed by atoms with van der Waals surface area (Å²) in [4.78, 5) is 14.3. The molecule has 1 aliphatic rings. The van der Waals surface area contributed by atoms with Gasteiger partial charge in [-0.2, -0.15) is 0 Å². The van der Waals surface area contributed by atoms with E-state index in [1.54, 1.807) is 13.0 Å². The average molecular weight is 322 g/mol. The van der Waals surface area contributed by atoms with Crippen molar-refractivity contribution in [3.05, 3.63) is 52.1 Å². The Bertz CT molecular complexity index is 764. The third kappa shape index (κ3) is 2.95. The van der Waals surface area contributed by atoms with Crippen LogP contribution in [0.15, 0.2) is 39.6 Å². The van der Waals surface area contributed by atoms with Gasteiger partial charge >= 0.3 is 5.63 Å². The van der Waals surface area contributed by atoms with E-state index in [0.29, 0.717) is 11.1 Å². The van der Waals surface area contributed by atoms with Crippen LogP contribution in [0.3, 0.4) is 0 Å². The highest BCUT2D eigenvalue weighted by Gasteiger charge is 2.22. The molecule has 0 radical (unpaired) electrons. The van der Waals surface area contributed by atoms with Gasteiger partial charge in [-0.05, 0) is 37.4 Å². The first-order valence-corrected chi connectivity index (χ1v) is 7.19. The highest BCUT2D eigenvalue weighted by molar-refractivity contribution is 5.94. The Morgan fingerprint density at radius 2 is 1.95 bits per heavy atom. The van der Waals surface area contributed by atoms with E-state index in [4.69, 9.17) is 4.42 Å². The molecule has 4 nitrogen and oxygen atoms in total. The topological polar surface area (TPSA) is 53.7 Å². The second-order valence-electron chi connectivity index (χ2n) is 5.61. The van der Waals surface area contributed by atoms with Gasteiger partial charge in [0.2, 0.25) is 0 Å². The van der Waals surface area contributed by atoms with Crippen molar-refractivity contribution in [2.75, 3.05) is 20.1 Å². The highest BCUT2D eigenvalue weighted by atomic mass is 35.5. The monoisotopic (exact) mass is 321 g/mol. The number of hydrogen-bond donors (Lipinski definition) is 1. The Morgan fingerprint density at radius 1 is 1.27 bits per heavy atom. The molecule has 5 heteroatoms. The number of benzene rings is 1. The van der Waals surface area contributed by atoms with Crippen molar-refractivity contribution >= 4 is 28.8 Å². The molecule has 0 bridgehead atoms. The van der Waals surface area contributed by atoms with Gasteiger partial charge in [-0.15, -0.1) is 12.4 Å². The van der Waals surface area contributed by atoms with Gasteiger partial charge in [-0.1, -0.05) is 24.3 Å². The van der Waals surface area contributed by atoms with Crippen LogP contribution in [0.4, 0.5) is 0 Å². The number of nitrogens with zero attached hydrogens (tertiary/aromatic N) is 1. The molecule has 118 valence electrons. The van der Waals surface area contributed by atoms with Crippen molar-refractivity contribution in [3.8, 4) is 0 Å². The SMILES string of the molecule is CC(O)c1oc(=O)c2ccccc2c1C1=CCCN(C)C1.Cl. The van der Waals surface area contributed by atoms with Crippen molar-refractivity contribution in [1.29, 1.82) is 0 Å². The fourth-order valence-corrected chi connectivity index (χ4v) is 2.92. The molecular formula is C17H20ClNO3. The van der Waals surface area contributed by atoms with Gasteiger partial charge in [0.1, 0.15) is 11.9 Å². The van der Waals surface area contributed by atoms with Gasteiger partial charge in [0.15, 0.2) is 0 Å². The molecule has 1 atom stereocenters. The van der Waals surface area contributed by atoms with Gasteiger partial charge in [0, 0.05) is 18.7 Å². The second-order valence-corrected chi connectivity index (χ2v) is 5.61. The van der Waals surface area contributed by atoms with Crippen molar-refractivity contribution in [3.63, 3.8) is 0 Å². The third-order valence-electron chi connectivity index (χ3n) is 3.91. The van der Waals surface area contributed by atoms with E-state index in [1.165, 1.54) is 0 Å². The minimum absolute atomic E-state index is 0. The standard InChI is InChI=1S/C17H19NO3.ClH/c1-11(19)16-15(12-6-5-9-18(2)10-12)13-7-3-4-8-14(13)17(20)21-16;/h3-4,6-8,11,19H,5,9-10H2,1-2H3;1H. The minimum Gasteiger partial charge on any atom is -0.424 e. The molecule has 0 aliphatic carbocycles. The quantitative estimate of drug-likeness (QED) is 0.924. The molecule has 1 aliphatic heterocycles. The van der Waals surface area contributed by atoms with Crippen molar-refractivity contribution in [2.45, 2.75) is 19.4 Å². The smallest absolute Gasteiger partial charge is 0.343 e. The first-order valence-electron chi connectivity index (χ1n) is 7.19. The molecule has 1 unspecified atom stereocenters. The summed E-state index contributed by atoms with van der Waals surface area (Å²) in [6, 6.07) is 7.42. The summed E-state index contributed by atoms with van der Waals surface area (Å²) in [5.74, 6) is 0.361. The number of rotatable bonds is 2. The summed E-state index contributed by atoms with van der Waals surface area (Å²) < 4.78 is 5.41. The number of fused-ring (bicyclic) bond motifs is 1. The Morgan fingerprint density at radius 3 is 2.59 bits per heavy atom. The summed E-state index contributed by atoms with van der Waals surface area (Å²) in [5, 5.41) is 11.4. The van der Waals surface area contributed by atoms with E-state index >= 15 is 0 Å². The molecule has 3 rings (SSSR count). The Hall–Kier alpha value is -1.62. The van der Waals surface area contributed by atoms with E-state index in [0.717, 1.165) is 36.0 Å². The van der Waals surface area contributed by atoms with Crippen LogP contribution in [-0.4, -0.2) is 30.1 Å². The van der Waals surface area contributed by atoms with Crippen molar-refractivity contribution in [2.24, 2.45) is 0 Å². The molecule has 0 saturated carbocycles. The van der Waals surface area contributed by atoms with Crippen molar-refractivity contribution < 1.29 is 9.52 Å². The molecule has 1 N–H and O–H groups in total. The van der Waals surface area contributed by atoms with Crippen LogP contribution in [0.1, 0.15) is 30.8 Å². The zero-order valence-electron chi connectivity index (χ0n) is 12.7. The molecule has 1 aromatic heterocycles. The van der Waals surface area contributed by atoms with E-state index in [2.05, 4.69) is 18.0 Å². The zero-order valence-corrected chi connectivity index (χ0v) is 13.5. The third-order valence-corrected chi connectivity index (χ3v) is 3.91. The summed E-state index contributed by atoms with van der Waals surface area (Å²) in [5.41, 5.74) is 1.58. The molecular weight excluding hydrogens is 302 g/mol.